The fraction of sp³-hybridized carbons (Fsp3) is 0.500. The normalized spacial score (nSPS) is 18.8. The highest BCUT2D eigenvalue weighted by atomic mass is 35.5. The average Bonchev–Trinajstić information content (AvgIpc) is 3.32. The number of rotatable bonds is 5. The lowest BCUT2D eigenvalue weighted by Crippen LogP contribution is -2.40. The number of piperidine rings is 1. The van der Waals surface area contributed by atoms with E-state index in [1.807, 2.05) is 0 Å². The van der Waals surface area contributed by atoms with Crippen molar-refractivity contribution in [1.29, 1.82) is 0 Å². The lowest BCUT2D eigenvalue weighted by Gasteiger charge is -2.30. The van der Waals surface area contributed by atoms with Gasteiger partial charge >= 0.3 is 0 Å². The lowest BCUT2D eigenvalue weighted by molar-refractivity contribution is -0.126. The summed E-state index contributed by atoms with van der Waals surface area (Å²) in [5.41, 5.74) is 0.696. The Kier molecular flexibility index (Phi) is 5.16. The summed E-state index contributed by atoms with van der Waals surface area (Å²) in [4.78, 5) is 18.8. The predicted octanol–water partition coefficient (Wildman–Crippen LogP) is 3.53. The quantitative estimate of drug-likeness (QED) is 0.839. The van der Waals surface area contributed by atoms with Gasteiger partial charge in [0.25, 0.3) is 0 Å². The third-order valence-corrected chi connectivity index (χ3v) is 5.43. The summed E-state index contributed by atoms with van der Waals surface area (Å²) in [5, 5.41) is 8.18. The summed E-state index contributed by atoms with van der Waals surface area (Å²) < 4.78 is 5.37. The zero-order valence-corrected chi connectivity index (χ0v) is 15.8. The summed E-state index contributed by atoms with van der Waals surface area (Å²) >= 11 is 12.1. The van der Waals surface area contributed by atoms with Crippen LogP contribution in [-0.2, 0) is 11.3 Å². The number of carbonyl (C=O) groups is 1. The van der Waals surface area contributed by atoms with Crippen molar-refractivity contribution < 1.29 is 9.32 Å². The summed E-state index contributed by atoms with van der Waals surface area (Å²) in [5.74, 6) is 1.34. The maximum absolute atomic E-state index is 12.1. The number of halogens is 2. The number of nitrogens with one attached hydrogen (secondary N) is 1. The highest BCUT2D eigenvalue weighted by molar-refractivity contribution is 6.36. The number of hydrogen-bond donors (Lipinski definition) is 1. The van der Waals surface area contributed by atoms with E-state index in [4.69, 9.17) is 27.7 Å². The summed E-state index contributed by atoms with van der Waals surface area (Å²) in [6.07, 6.45) is 3.98. The van der Waals surface area contributed by atoms with Crippen molar-refractivity contribution in [3.8, 4) is 11.4 Å². The second-order valence-electron chi connectivity index (χ2n) is 6.97. The third kappa shape index (κ3) is 4.19. The standard InChI is InChI=1S/C18H20Cl2N4O2/c19-12-1-4-14(15(20)9-12)17-22-16(26-23-17)10-24-7-5-11(6-8-24)18(25)21-13-2-3-13/h1,4,9,11,13H,2-3,5-8,10H2,(H,21,25). The van der Waals surface area contributed by atoms with Crippen LogP contribution in [0.25, 0.3) is 11.4 Å². The molecule has 0 atom stereocenters. The number of carbonyl (C=O) groups excluding carboxylic acids is 1. The Balaban J connectivity index is 1.32. The third-order valence-electron chi connectivity index (χ3n) is 4.88. The molecule has 0 unspecified atom stereocenters. The molecule has 0 radical (unpaired) electrons. The minimum absolute atomic E-state index is 0.123. The first-order valence-corrected chi connectivity index (χ1v) is 9.65. The molecule has 6 nitrogen and oxygen atoms in total. The largest absolute Gasteiger partial charge is 0.353 e. The van der Waals surface area contributed by atoms with E-state index in [1.165, 1.54) is 0 Å². The van der Waals surface area contributed by atoms with Crippen molar-refractivity contribution in [3.05, 3.63) is 34.1 Å². The zero-order valence-electron chi connectivity index (χ0n) is 14.3. The molecule has 1 N–H and O–H groups in total. The van der Waals surface area contributed by atoms with Gasteiger partial charge in [0.2, 0.25) is 17.6 Å². The van der Waals surface area contributed by atoms with Crippen LogP contribution in [0.2, 0.25) is 10.0 Å². The first kappa shape index (κ1) is 17.8. The van der Waals surface area contributed by atoms with Crippen LogP contribution in [-0.4, -0.2) is 40.1 Å². The fourth-order valence-corrected chi connectivity index (χ4v) is 3.68. The molecule has 1 amide bonds. The molecule has 1 aromatic heterocycles. The number of aromatic nitrogens is 2. The van der Waals surface area contributed by atoms with Gasteiger partial charge in [0.15, 0.2) is 0 Å². The molecule has 2 heterocycles. The fourth-order valence-electron chi connectivity index (χ4n) is 3.19. The summed E-state index contributed by atoms with van der Waals surface area (Å²) in [6, 6.07) is 5.61. The molecular formula is C18H20Cl2N4O2. The van der Waals surface area contributed by atoms with Gasteiger partial charge in [-0.25, -0.2) is 0 Å². The molecule has 1 saturated heterocycles. The molecule has 1 aliphatic carbocycles. The van der Waals surface area contributed by atoms with Gasteiger partial charge in [-0.2, -0.15) is 4.98 Å². The Morgan fingerprint density at radius 2 is 2.00 bits per heavy atom. The zero-order chi connectivity index (χ0) is 18.1. The maximum Gasteiger partial charge on any atom is 0.241 e. The van der Waals surface area contributed by atoms with Crippen LogP contribution in [0.4, 0.5) is 0 Å². The number of amides is 1. The number of hydrogen-bond acceptors (Lipinski definition) is 5. The summed E-state index contributed by atoms with van der Waals surface area (Å²) in [7, 11) is 0. The molecule has 1 saturated carbocycles. The van der Waals surface area contributed by atoms with Gasteiger partial charge in [-0.3, -0.25) is 9.69 Å². The van der Waals surface area contributed by atoms with E-state index in [2.05, 4.69) is 20.4 Å². The van der Waals surface area contributed by atoms with Crippen LogP contribution >= 0.6 is 23.2 Å². The first-order chi connectivity index (χ1) is 12.6. The molecular weight excluding hydrogens is 375 g/mol. The number of nitrogens with zero attached hydrogens (tertiary/aromatic N) is 3. The van der Waals surface area contributed by atoms with Crippen molar-refractivity contribution in [2.45, 2.75) is 38.3 Å². The first-order valence-electron chi connectivity index (χ1n) is 8.89. The van der Waals surface area contributed by atoms with Gasteiger partial charge in [0.05, 0.1) is 11.6 Å². The van der Waals surface area contributed by atoms with Crippen LogP contribution in [0, 0.1) is 5.92 Å². The van der Waals surface area contributed by atoms with Crippen molar-refractivity contribution in [2.24, 2.45) is 5.92 Å². The van der Waals surface area contributed by atoms with E-state index in [0.717, 1.165) is 38.8 Å². The smallest absolute Gasteiger partial charge is 0.241 e. The Bertz CT molecular complexity index is 798. The van der Waals surface area contributed by atoms with Gasteiger partial charge in [0, 0.05) is 22.5 Å². The molecule has 8 heteroatoms. The van der Waals surface area contributed by atoms with Gasteiger partial charge in [-0.1, -0.05) is 28.4 Å². The lowest BCUT2D eigenvalue weighted by atomic mass is 9.96. The molecule has 26 heavy (non-hydrogen) atoms. The molecule has 138 valence electrons. The SMILES string of the molecule is O=C(NC1CC1)C1CCN(Cc2nc(-c3ccc(Cl)cc3Cl)no2)CC1. The molecule has 1 aromatic carbocycles. The molecule has 1 aliphatic heterocycles. The van der Waals surface area contributed by atoms with Gasteiger partial charge in [-0.05, 0) is 57.0 Å². The molecule has 4 rings (SSSR count). The Morgan fingerprint density at radius 1 is 1.23 bits per heavy atom. The molecule has 0 spiro atoms. The van der Waals surface area contributed by atoms with E-state index in [9.17, 15) is 4.79 Å². The summed E-state index contributed by atoms with van der Waals surface area (Å²) in [6.45, 7) is 2.28. The second kappa shape index (κ2) is 7.55. The Hall–Kier alpha value is -1.63. The van der Waals surface area contributed by atoms with Crippen LogP contribution in [0.5, 0.6) is 0 Å². The molecule has 0 bridgehead atoms. The van der Waals surface area contributed by atoms with E-state index < -0.39 is 0 Å². The number of likely N-dealkylation sites (tertiary alicyclic amines) is 1. The van der Waals surface area contributed by atoms with Crippen LogP contribution in [0.15, 0.2) is 22.7 Å². The van der Waals surface area contributed by atoms with Crippen LogP contribution < -0.4 is 5.32 Å². The van der Waals surface area contributed by atoms with Crippen molar-refractivity contribution in [2.75, 3.05) is 13.1 Å². The Morgan fingerprint density at radius 3 is 2.69 bits per heavy atom. The van der Waals surface area contributed by atoms with Crippen molar-refractivity contribution in [3.63, 3.8) is 0 Å². The average molecular weight is 395 g/mol. The maximum atomic E-state index is 12.1. The minimum Gasteiger partial charge on any atom is -0.353 e. The highest BCUT2D eigenvalue weighted by Gasteiger charge is 2.30. The van der Waals surface area contributed by atoms with Gasteiger partial charge in [0.1, 0.15) is 0 Å². The number of benzene rings is 1. The monoisotopic (exact) mass is 394 g/mol. The van der Waals surface area contributed by atoms with E-state index in [0.29, 0.717) is 39.9 Å². The Labute approximate surface area is 161 Å². The predicted molar refractivity (Wildman–Crippen MR) is 98.9 cm³/mol. The molecule has 2 aliphatic rings. The van der Waals surface area contributed by atoms with E-state index in [-0.39, 0.29) is 11.8 Å². The second-order valence-corrected chi connectivity index (χ2v) is 7.81. The molecule has 2 fully saturated rings. The van der Waals surface area contributed by atoms with E-state index >= 15 is 0 Å². The van der Waals surface area contributed by atoms with Gasteiger partial charge < -0.3 is 9.84 Å². The van der Waals surface area contributed by atoms with E-state index in [1.54, 1.807) is 18.2 Å². The van der Waals surface area contributed by atoms with Crippen LogP contribution in [0.3, 0.4) is 0 Å². The minimum atomic E-state index is 0.123. The van der Waals surface area contributed by atoms with Crippen molar-refractivity contribution >= 4 is 29.1 Å². The topological polar surface area (TPSA) is 71.3 Å². The highest BCUT2D eigenvalue weighted by Crippen LogP contribution is 2.29. The molecule has 2 aromatic rings. The van der Waals surface area contributed by atoms with Crippen LogP contribution in [0.1, 0.15) is 31.6 Å². The van der Waals surface area contributed by atoms with Crippen molar-refractivity contribution in [1.82, 2.24) is 20.4 Å². The van der Waals surface area contributed by atoms with Gasteiger partial charge in [-0.15, -0.1) is 0 Å².